The van der Waals surface area contributed by atoms with Gasteiger partial charge in [-0.1, -0.05) is 44.8 Å². The third kappa shape index (κ3) is 20.8. The molecule has 24 heteroatoms. The van der Waals surface area contributed by atoms with Crippen LogP contribution in [-0.4, -0.2) is 97.4 Å². The van der Waals surface area contributed by atoms with E-state index in [0.717, 1.165) is 12.1 Å². The van der Waals surface area contributed by atoms with Gasteiger partial charge in [0.2, 0.25) is 17.3 Å². The number of carbonyl (C=O) groups is 6. The lowest BCUT2D eigenvalue weighted by molar-refractivity contribution is -0.137. The van der Waals surface area contributed by atoms with Gasteiger partial charge < -0.3 is 57.8 Å². The standard InChI is InChI=1S/C7H9NO3.2C6H7NO3.2C5H5NO3.C4H3NO3/c1-2-5-3-6(11-8-5)4-7(9)10;1-4-2-5(10-7-4)3-6(8)9;1-2-4-3-5(6(8)9)10-7-4;1-3-2-4(5(7)8)9-6-3;7-5(8)3-4-1-2-6-9-4;6-4(7)3-1-2-5-8-3/h3H,2,4H2,1H3,(H,9,10);2H,3H2,1H3,(H,8,9);3H,2H2,1H3,(H,8,9);2H,1H3,(H,7,8);1-2H,3H2,(H,7,8);1-2H,(H,6,7). The first-order valence-corrected chi connectivity index (χ1v) is 15.8. The molecule has 0 spiro atoms. The molecule has 57 heavy (non-hydrogen) atoms. The highest BCUT2D eigenvalue weighted by Crippen LogP contribution is 2.05. The van der Waals surface area contributed by atoms with Crippen LogP contribution >= 0.6 is 0 Å². The molecule has 0 unspecified atom stereocenters. The summed E-state index contributed by atoms with van der Waals surface area (Å²) in [5.41, 5.74) is 2.74. The number of aromatic carboxylic acids is 3. The minimum atomic E-state index is -1.09. The lowest BCUT2D eigenvalue weighted by Gasteiger charge is -1.83. The van der Waals surface area contributed by atoms with Crippen molar-refractivity contribution in [3.63, 3.8) is 0 Å². The maximum atomic E-state index is 10.2. The Morgan fingerprint density at radius 3 is 1.23 bits per heavy atom. The first-order valence-electron chi connectivity index (χ1n) is 15.8. The lowest BCUT2D eigenvalue weighted by atomic mass is 10.3. The predicted octanol–water partition coefficient (Wildman–Crippen LogP) is 3.77. The number of rotatable bonds is 11. The molecule has 0 bridgehead atoms. The van der Waals surface area contributed by atoms with Gasteiger partial charge in [-0.15, -0.1) is 0 Å². The van der Waals surface area contributed by atoms with Gasteiger partial charge >= 0.3 is 35.8 Å². The Morgan fingerprint density at radius 2 is 0.895 bits per heavy atom. The van der Waals surface area contributed by atoms with E-state index in [2.05, 4.69) is 53.6 Å². The van der Waals surface area contributed by atoms with Crippen LogP contribution in [-0.2, 0) is 46.5 Å². The number of nitrogens with zero attached hydrogens (tertiary/aromatic N) is 6. The van der Waals surface area contributed by atoms with Gasteiger partial charge in [0, 0.05) is 36.4 Å². The van der Waals surface area contributed by atoms with E-state index in [0.29, 0.717) is 40.8 Å². The second-order valence-corrected chi connectivity index (χ2v) is 10.4. The Kier molecular flexibility index (Phi) is 20.8. The number of carboxylic acids is 6. The zero-order chi connectivity index (χ0) is 42.9. The lowest BCUT2D eigenvalue weighted by Crippen LogP contribution is -1.97. The Hall–Kier alpha value is -7.92. The SMILES string of the molecule is CCc1cc(C(=O)O)on1.CCc1cc(CC(=O)O)on1.Cc1cc(C(=O)O)on1.Cc1cc(CC(=O)O)on1.O=C(O)Cc1ccno1.O=C(O)c1ccno1. The predicted molar refractivity (Wildman–Crippen MR) is 182 cm³/mol. The van der Waals surface area contributed by atoms with E-state index in [-0.39, 0.29) is 36.5 Å². The van der Waals surface area contributed by atoms with Crippen LogP contribution in [0.2, 0.25) is 0 Å². The maximum absolute atomic E-state index is 10.2. The van der Waals surface area contributed by atoms with Crippen molar-refractivity contribution in [2.45, 2.75) is 59.8 Å². The zero-order valence-electron chi connectivity index (χ0n) is 30.4. The van der Waals surface area contributed by atoms with E-state index in [4.69, 9.17) is 35.2 Å². The van der Waals surface area contributed by atoms with Gasteiger partial charge in [-0.25, -0.2) is 14.4 Å². The molecule has 0 aromatic carbocycles. The molecule has 6 rings (SSSR count). The van der Waals surface area contributed by atoms with Crippen molar-refractivity contribution in [1.82, 2.24) is 30.9 Å². The largest absolute Gasteiger partial charge is 0.481 e. The van der Waals surface area contributed by atoms with Gasteiger partial charge in [-0.05, 0) is 26.7 Å². The fourth-order valence-electron chi connectivity index (χ4n) is 3.26. The average molecular weight is 805 g/mol. The van der Waals surface area contributed by atoms with E-state index in [1.54, 1.807) is 26.0 Å². The number of aryl methyl sites for hydroxylation is 4. The molecule has 6 aromatic rings. The minimum Gasteiger partial charge on any atom is -0.481 e. The normalized spacial score (nSPS) is 9.54. The van der Waals surface area contributed by atoms with Crippen LogP contribution in [0.25, 0.3) is 0 Å². The van der Waals surface area contributed by atoms with Crippen molar-refractivity contribution in [2.24, 2.45) is 0 Å². The van der Waals surface area contributed by atoms with Gasteiger partial charge in [0.05, 0.1) is 35.2 Å². The molecule has 6 aromatic heterocycles. The molecule has 0 fully saturated rings. The van der Waals surface area contributed by atoms with Crippen LogP contribution in [0.3, 0.4) is 0 Å². The molecule has 0 radical (unpaired) electrons. The molecule has 0 saturated carbocycles. The van der Waals surface area contributed by atoms with E-state index in [1.807, 2.05) is 13.8 Å². The molecule has 0 atom stereocenters. The molecule has 0 saturated heterocycles. The average Bonchev–Trinajstić information content (AvgIpc) is 3.99. The third-order valence-electron chi connectivity index (χ3n) is 5.73. The first kappa shape index (κ1) is 47.1. The van der Waals surface area contributed by atoms with Gasteiger partial charge in [0.25, 0.3) is 0 Å². The molecule has 6 N–H and O–H groups in total. The van der Waals surface area contributed by atoms with Crippen molar-refractivity contribution in [1.29, 1.82) is 0 Å². The topological polar surface area (TPSA) is 380 Å². The molecule has 0 aliphatic carbocycles. The summed E-state index contributed by atoms with van der Waals surface area (Å²) in [6.07, 6.45) is 3.87. The van der Waals surface area contributed by atoms with Crippen LogP contribution in [0.15, 0.2) is 75.9 Å². The van der Waals surface area contributed by atoms with Crippen molar-refractivity contribution in [3.05, 3.63) is 106 Å². The summed E-state index contributed by atoms with van der Waals surface area (Å²) < 4.78 is 27.0. The monoisotopic (exact) mass is 804 g/mol. The molecular formula is C33H36N6O18. The van der Waals surface area contributed by atoms with Crippen LogP contribution in [0.4, 0.5) is 0 Å². The fraction of sp³-hybridized carbons (Fsp3) is 0.273. The second kappa shape index (κ2) is 25.2. The quantitative estimate of drug-likeness (QED) is 0.108. The van der Waals surface area contributed by atoms with Gasteiger partial charge in [0.15, 0.2) is 0 Å². The summed E-state index contributed by atoms with van der Waals surface area (Å²) in [5, 5.41) is 70.2. The number of hydrogen-bond acceptors (Lipinski definition) is 18. The van der Waals surface area contributed by atoms with Crippen LogP contribution < -0.4 is 0 Å². The summed E-state index contributed by atoms with van der Waals surface area (Å²) in [6, 6.07) is 8.85. The van der Waals surface area contributed by atoms with E-state index in [1.165, 1.54) is 36.7 Å². The van der Waals surface area contributed by atoms with Crippen molar-refractivity contribution >= 4 is 35.8 Å². The fourth-order valence-corrected chi connectivity index (χ4v) is 3.26. The number of carboxylic acid groups (broad SMARTS) is 6. The van der Waals surface area contributed by atoms with Crippen molar-refractivity contribution in [3.8, 4) is 0 Å². The van der Waals surface area contributed by atoms with Gasteiger partial charge in [-0.2, -0.15) is 0 Å². The highest BCUT2D eigenvalue weighted by molar-refractivity contribution is 5.84. The van der Waals surface area contributed by atoms with E-state index < -0.39 is 35.8 Å². The van der Waals surface area contributed by atoms with E-state index in [9.17, 15) is 28.8 Å². The highest BCUT2D eigenvalue weighted by Gasteiger charge is 2.10. The minimum absolute atomic E-state index is 0.0903. The summed E-state index contributed by atoms with van der Waals surface area (Å²) in [6.45, 7) is 7.22. The summed E-state index contributed by atoms with van der Waals surface area (Å²) >= 11 is 0. The Morgan fingerprint density at radius 1 is 0.474 bits per heavy atom. The van der Waals surface area contributed by atoms with Gasteiger partial charge in [-0.3, -0.25) is 14.4 Å². The van der Waals surface area contributed by atoms with Crippen molar-refractivity contribution < 1.29 is 86.5 Å². The van der Waals surface area contributed by atoms with Crippen LogP contribution in [0, 0.1) is 13.8 Å². The summed E-state index contributed by atoms with van der Waals surface area (Å²) in [5.74, 6) is -5.15. The molecular weight excluding hydrogens is 768 g/mol. The van der Waals surface area contributed by atoms with Crippen LogP contribution in [0.1, 0.15) is 85.6 Å². The smallest absolute Gasteiger partial charge is 0.374 e. The van der Waals surface area contributed by atoms with Crippen LogP contribution in [0.5, 0.6) is 0 Å². The Balaban J connectivity index is 0.000000343. The van der Waals surface area contributed by atoms with Gasteiger partial charge in [0.1, 0.15) is 36.5 Å². The van der Waals surface area contributed by atoms with E-state index >= 15 is 0 Å². The summed E-state index contributed by atoms with van der Waals surface area (Å²) in [4.78, 5) is 60.5. The number of aliphatic carboxylic acids is 3. The zero-order valence-corrected chi connectivity index (χ0v) is 30.4. The third-order valence-corrected chi connectivity index (χ3v) is 5.73. The summed E-state index contributed by atoms with van der Waals surface area (Å²) in [7, 11) is 0. The molecule has 0 amide bonds. The van der Waals surface area contributed by atoms with Crippen molar-refractivity contribution in [2.75, 3.05) is 0 Å². The molecule has 306 valence electrons. The molecule has 0 aliphatic heterocycles. The second-order valence-electron chi connectivity index (χ2n) is 10.4. The first-order chi connectivity index (χ1) is 26.9. The molecule has 6 heterocycles. The highest BCUT2D eigenvalue weighted by atomic mass is 16.5. The number of hydrogen-bond donors (Lipinski definition) is 6. The maximum Gasteiger partial charge on any atom is 0.374 e. The molecule has 24 nitrogen and oxygen atoms in total. The Labute approximate surface area is 319 Å². The Bertz CT molecular complexity index is 2110. The molecule has 0 aliphatic rings. The number of aromatic nitrogens is 6.